The summed E-state index contributed by atoms with van der Waals surface area (Å²) in [4.78, 5) is 28.1. The van der Waals surface area contributed by atoms with Crippen LogP contribution in [0.2, 0.25) is 0 Å². The van der Waals surface area contributed by atoms with Gasteiger partial charge in [0.05, 0.1) is 12.1 Å². The number of piperazine rings is 1. The molecule has 0 saturated carbocycles. The highest BCUT2D eigenvalue weighted by Gasteiger charge is 2.24. The molecule has 0 unspecified atom stereocenters. The molecular weight excluding hydrogens is 335 g/mol. The molecule has 0 N–H and O–H groups in total. The van der Waals surface area contributed by atoms with Crippen LogP contribution in [0.15, 0.2) is 48.5 Å². The van der Waals surface area contributed by atoms with Crippen LogP contribution in [0, 0.1) is 12.7 Å². The fourth-order valence-electron chi connectivity index (χ4n) is 2.88. The van der Waals surface area contributed by atoms with E-state index < -0.39 is 11.9 Å². The number of amides is 1. The number of hydrogen-bond acceptors (Lipinski definition) is 4. The number of para-hydroxylation sites is 1. The van der Waals surface area contributed by atoms with E-state index >= 15 is 0 Å². The molecule has 1 heterocycles. The van der Waals surface area contributed by atoms with E-state index in [0.717, 1.165) is 5.56 Å². The first kappa shape index (κ1) is 18.1. The number of ketones is 1. The monoisotopic (exact) mass is 356 g/mol. The second-order valence-corrected chi connectivity index (χ2v) is 6.35. The smallest absolute Gasteiger partial charge is 0.410 e. The zero-order valence-corrected chi connectivity index (χ0v) is 14.7. The molecule has 136 valence electrons. The molecule has 1 aliphatic heterocycles. The highest BCUT2D eigenvalue weighted by molar-refractivity contribution is 5.98. The third-order valence-electron chi connectivity index (χ3n) is 4.37. The van der Waals surface area contributed by atoms with Crippen molar-refractivity contribution in [3.63, 3.8) is 0 Å². The molecule has 26 heavy (non-hydrogen) atoms. The van der Waals surface area contributed by atoms with E-state index in [-0.39, 0.29) is 17.9 Å². The van der Waals surface area contributed by atoms with Crippen molar-refractivity contribution in [2.45, 2.75) is 6.92 Å². The molecule has 0 aromatic heterocycles. The average Bonchev–Trinajstić information content (AvgIpc) is 2.65. The normalized spacial score (nSPS) is 14.9. The third-order valence-corrected chi connectivity index (χ3v) is 4.37. The zero-order valence-electron chi connectivity index (χ0n) is 14.7. The van der Waals surface area contributed by atoms with Gasteiger partial charge in [-0.2, -0.15) is 0 Å². The largest absolute Gasteiger partial charge is 0.415 e. The van der Waals surface area contributed by atoms with E-state index in [1.807, 2.05) is 17.9 Å². The number of carbonyl (C=O) groups excluding carboxylic acids is 2. The first-order valence-electron chi connectivity index (χ1n) is 8.56. The Labute approximate surface area is 152 Å². The molecule has 0 spiro atoms. The van der Waals surface area contributed by atoms with Crippen molar-refractivity contribution in [3.05, 3.63) is 65.5 Å². The van der Waals surface area contributed by atoms with Gasteiger partial charge in [0.15, 0.2) is 5.78 Å². The molecular formula is C20H21FN2O3. The van der Waals surface area contributed by atoms with Gasteiger partial charge in [0, 0.05) is 26.2 Å². The number of halogens is 1. The Bertz CT molecular complexity index is 787. The van der Waals surface area contributed by atoms with Crippen LogP contribution in [0.4, 0.5) is 9.18 Å². The van der Waals surface area contributed by atoms with Crippen LogP contribution in [0.1, 0.15) is 15.9 Å². The maximum absolute atomic E-state index is 13.8. The Hall–Kier alpha value is -2.73. The fourth-order valence-corrected chi connectivity index (χ4v) is 2.88. The van der Waals surface area contributed by atoms with Gasteiger partial charge < -0.3 is 9.64 Å². The average molecular weight is 356 g/mol. The molecule has 1 saturated heterocycles. The Morgan fingerprint density at radius 2 is 1.73 bits per heavy atom. The van der Waals surface area contributed by atoms with Gasteiger partial charge in [0.25, 0.3) is 0 Å². The summed E-state index contributed by atoms with van der Waals surface area (Å²) < 4.78 is 19.2. The molecule has 0 radical (unpaired) electrons. The SMILES string of the molecule is Cc1ccc(F)c(C(=O)CN2CCN(C(=O)Oc3ccccc3)CC2)c1. The number of ether oxygens (including phenoxy) is 1. The predicted molar refractivity (Wildman–Crippen MR) is 95.9 cm³/mol. The molecule has 2 aromatic carbocycles. The lowest BCUT2D eigenvalue weighted by Gasteiger charge is -2.33. The van der Waals surface area contributed by atoms with Crippen molar-refractivity contribution in [1.29, 1.82) is 0 Å². The molecule has 1 fully saturated rings. The molecule has 1 amide bonds. The van der Waals surface area contributed by atoms with Gasteiger partial charge in [-0.25, -0.2) is 9.18 Å². The topological polar surface area (TPSA) is 49.9 Å². The highest BCUT2D eigenvalue weighted by atomic mass is 19.1. The lowest BCUT2D eigenvalue weighted by atomic mass is 10.1. The molecule has 2 aromatic rings. The van der Waals surface area contributed by atoms with Gasteiger partial charge in [-0.1, -0.05) is 29.8 Å². The van der Waals surface area contributed by atoms with Crippen LogP contribution in [-0.4, -0.2) is 54.4 Å². The summed E-state index contributed by atoms with van der Waals surface area (Å²) in [5.74, 6) is -0.234. The Balaban J connectivity index is 1.51. The number of nitrogens with zero attached hydrogens (tertiary/aromatic N) is 2. The second kappa shape index (κ2) is 8.10. The van der Waals surface area contributed by atoms with Crippen LogP contribution in [0.3, 0.4) is 0 Å². The van der Waals surface area contributed by atoms with Crippen molar-refractivity contribution in [2.75, 3.05) is 32.7 Å². The van der Waals surface area contributed by atoms with Gasteiger partial charge >= 0.3 is 6.09 Å². The van der Waals surface area contributed by atoms with Gasteiger partial charge in [-0.3, -0.25) is 9.69 Å². The summed E-state index contributed by atoms with van der Waals surface area (Å²) in [6.45, 7) is 3.99. The number of Topliss-reactive ketones (excluding diaryl/α,β-unsaturated/α-hetero) is 1. The minimum Gasteiger partial charge on any atom is -0.410 e. The first-order valence-corrected chi connectivity index (χ1v) is 8.56. The first-order chi connectivity index (χ1) is 12.5. The van der Waals surface area contributed by atoms with E-state index in [0.29, 0.717) is 31.9 Å². The van der Waals surface area contributed by atoms with Gasteiger partial charge in [-0.05, 0) is 31.2 Å². The van der Waals surface area contributed by atoms with Crippen LogP contribution in [0.5, 0.6) is 5.75 Å². The molecule has 6 heteroatoms. The van der Waals surface area contributed by atoms with Crippen LogP contribution in [-0.2, 0) is 0 Å². The van der Waals surface area contributed by atoms with Crippen LogP contribution in [0.25, 0.3) is 0 Å². The van der Waals surface area contributed by atoms with Gasteiger partial charge in [0.1, 0.15) is 11.6 Å². The van der Waals surface area contributed by atoms with Gasteiger partial charge in [-0.15, -0.1) is 0 Å². The zero-order chi connectivity index (χ0) is 18.5. The van der Waals surface area contributed by atoms with Gasteiger partial charge in [0.2, 0.25) is 0 Å². The van der Waals surface area contributed by atoms with E-state index in [1.165, 1.54) is 6.07 Å². The highest BCUT2D eigenvalue weighted by Crippen LogP contribution is 2.14. The van der Waals surface area contributed by atoms with Crippen molar-refractivity contribution in [1.82, 2.24) is 9.80 Å². The molecule has 0 bridgehead atoms. The maximum atomic E-state index is 13.8. The second-order valence-electron chi connectivity index (χ2n) is 6.35. The number of hydrogen-bond donors (Lipinski definition) is 0. The van der Waals surface area contributed by atoms with E-state index in [9.17, 15) is 14.0 Å². The van der Waals surface area contributed by atoms with Crippen molar-refractivity contribution >= 4 is 11.9 Å². The molecule has 0 atom stereocenters. The molecule has 0 aliphatic carbocycles. The Kier molecular flexibility index (Phi) is 5.63. The summed E-state index contributed by atoms with van der Waals surface area (Å²) in [7, 11) is 0. The lowest BCUT2D eigenvalue weighted by molar-refractivity contribution is 0.0842. The molecule has 5 nitrogen and oxygen atoms in total. The van der Waals surface area contributed by atoms with E-state index in [1.54, 1.807) is 41.3 Å². The Morgan fingerprint density at radius 1 is 1.04 bits per heavy atom. The summed E-state index contributed by atoms with van der Waals surface area (Å²) in [5, 5.41) is 0. The summed E-state index contributed by atoms with van der Waals surface area (Å²) in [6.07, 6.45) is -0.396. The number of aryl methyl sites for hydroxylation is 1. The van der Waals surface area contributed by atoms with E-state index in [2.05, 4.69) is 0 Å². The van der Waals surface area contributed by atoms with Crippen molar-refractivity contribution in [3.8, 4) is 5.75 Å². The quantitative estimate of drug-likeness (QED) is 0.790. The summed E-state index contributed by atoms with van der Waals surface area (Å²) >= 11 is 0. The third kappa shape index (κ3) is 4.46. The minimum absolute atomic E-state index is 0.121. The van der Waals surface area contributed by atoms with Crippen LogP contribution < -0.4 is 4.74 Å². The molecule has 1 aliphatic rings. The summed E-state index contributed by atoms with van der Waals surface area (Å²) in [6, 6.07) is 13.4. The maximum Gasteiger partial charge on any atom is 0.415 e. The molecule has 3 rings (SSSR count). The lowest BCUT2D eigenvalue weighted by Crippen LogP contribution is -2.50. The Morgan fingerprint density at radius 3 is 2.42 bits per heavy atom. The van der Waals surface area contributed by atoms with Crippen molar-refractivity contribution < 1.29 is 18.7 Å². The summed E-state index contributed by atoms with van der Waals surface area (Å²) in [5.41, 5.74) is 0.971. The number of rotatable bonds is 4. The predicted octanol–water partition coefficient (Wildman–Crippen LogP) is 3.13. The van der Waals surface area contributed by atoms with Crippen LogP contribution >= 0.6 is 0 Å². The van der Waals surface area contributed by atoms with Crippen molar-refractivity contribution in [2.24, 2.45) is 0 Å². The standard InChI is InChI=1S/C20H21FN2O3/c1-15-7-8-18(21)17(13-15)19(24)14-22-9-11-23(12-10-22)20(25)26-16-5-3-2-4-6-16/h2-8,13H,9-12,14H2,1H3. The number of carbonyl (C=O) groups is 2. The number of benzene rings is 2. The van der Waals surface area contributed by atoms with E-state index in [4.69, 9.17) is 4.74 Å². The fraction of sp³-hybridized carbons (Fsp3) is 0.300. The minimum atomic E-state index is -0.495.